The number of hydrogen-bond donors (Lipinski definition) is 1. The van der Waals surface area contributed by atoms with E-state index in [1.807, 2.05) is 6.07 Å². The third-order valence-corrected chi connectivity index (χ3v) is 2.51. The van der Waals surface area contributed by atoms with Crippen LogP contribution in [0.2, 0.25) is 0 Å². The molecule has 0 saturated carbocycles. The van der Waals surface area contributed by atoms with Crippen molar-refractivity contribution in [2.75, 3.05) is 0 Å². The third-order valence-electron chi connectivity index (χ3n) is 1.84. The van der Waals surface area contributed by atoms with Gasteiger partial charge in [0.05, 0.1) is 0 Å². The minimum atomic E-state index is 0.511. The van der Waals surface area contributed by atoms with Gasteiger partial charge in [-0.15, -0.1) is 0 Å². The van der Waals surface area contributed by atoms with Gasteiger partial charge in [-0.2, -0.15) is 0 Å². The van der Waals surface area contributed by atoms with Gasteiger partial charge in [0.2, 0.25) is 0 Å². The fraction of sp³-hybridized carbons (Fsp3) is 0.222. The number of halogens is 1. The van der Waals surface area contributed by atoms with Gasteiger partial charge in [-0.3, -0.25) is 0 Å². The molecule has 0 aliphatic carbocycles. The molecule has 1 atom stereocenters. The minimum Gasteiger partial charge on any atom is -0.342 e. The molecule has 2 nitrogen and oxygen atoms in total. The fourth-order valence-corrected chi connectivity index (χ4v) is 1.53. The smallest absolute Gasteiger partial charge is 0.137 e. The SMILES string of the molecule is C[C@H](I)c1cc2cccnc2[nH]1. The number of aromatic nitrogens is 2. The molecule has 3 heteroatoms. The van der Waals surface area contributed by atoms with Gasteiger partial charge in [-0.05, 0) is 25.1 Å². The zero-order valence-corrected chi connectivity index (χ0v) is 8.87. The van der Waals surface area contributed by atoms with E-state index in [9.17, 15) is 0 Å². The molecule has 0 bridgehead atoms. The van der Waals surface area contributed by atoms with Crippen LogP contribution < -0.4 is 0 Å². The maximum atomic E-state index is 4.23. The second kappa shape index (κ2) is 3.05. The molecule has 0 aromatic carbocycles. The Morgan fingerprint density at radius 2 is 2.42 bits per heavy atom. The van der Waals surface area contributed by atoms with Crippen LogP contribution >= 0.6 is 22.6 Å². The van der Waals surface area contributed by atoms with E-state index in [-0.39, 0.29) is 0 Å². The average molecular weight is 272 g/mol. The fourth-order valence-electron chi connectivity index (χ4n) is 1.19. The first-order valence-corrected chi connectivity index (χ1v) is 5.09. The number of aromatic amines is 1. The molecule has 0 aliphatic heterocycles. The molecule has 62 valence electrons. The van der Waals surface area contributed by atoms with Crippen LogP contribution in [0.25, 0.3) is 11.0 Å². The molecule has 2 heterocycles. The van der Waals surface area contributed by atoms with Crippen LogP contribution in [0.15, 0.2) is 24.4 Å². The Balaban J connectivity index is 2.62. The maximum Gasteiger partial charge on any atom is 0.137 e. The van der Waals surface area contributed by atoms with Crippen molar-refractivity contribution >= 4 is 33.6 Å². The van der Waals surface area contributed by atoms with E-state index < -0.39 is 0 Å². The lowest BCUT2D eigenvalue weighted by Gasteiger charge is -1.95. The van der Waals surface area contributed by atoms with Crippen molar-refractivity contribution in [2.24, 2.45) is 0 Å². The van der Waals surface area contributed by atoms with Crippen molar-refractivity contribution in [1.29, 1.82) is 0 Å². The number of pyridine rings is 1. The lowest BCUT2D eigenvalue weighted by Crippen LogP contribution is -1.81. The number of fused-ring (bicyclic) bond motifs is 1. The lowest BCUT2D eigenvalue weighted by molar-refractivity contribution is 1.07. The molecule has 0 radical (unpaired) electrons. The zero-order valence-electron chi connectivity index (χ0n) is 6.71. The minimum absolute atomic E-state index is 0.511. The topological polar surface area (TPSA) is 28.7 Å². The average Bonchev–Trinajstić information content (AvgIpc) is 2.46. The first kappa shape index (κ1) is 8.04. The number of H-pyrrole nitrogens is 1. The number of nitrogens with one attached hydrogen (secondary N) is 1. The number of alkyl halides is 1. The summed E-state index contributed by atoms with van der Waals surface area (Å²) in [5.41, 5.74) is 2.22. The Morgan fingerprint density at radius 3 is 3.08 bits per heavy atom. The molecule has 0 aliphatic rings. The van der Waals surface area contributed by atoms with Gasteiger partial charge in [-0.25, -0.2) is 4.98 Å². The predicted octanol–water partition coefficient (Wildman–Crippen LogP) is 3.06. The predicted molar refractivity (Wildman–Crippen MR) is 58.5 cm³/mol. The molecule has 2 rings (SSSR count). The number of rotatable bonds is 1. The molecule has 0 unspecified atom stereocenters. The van der Waals surface area contributed by atoms with Crippen molar-refractivity contribution in [3.63, 3.8) is 0 Å². The summed E-state index contributed by atoms with van der Waals surface area (Å²) in [7, 11) is 0. The van der Waals surface area contributed by atoms with Gasteiger partial charge in [-0.1, -0.05) is 22.6 Å². The zero-order chi connectivity index (χ0) is 8.55. The van der Waals surface area contributed by atoms with Gasteiger partial charge < -0.3 is 4.98 Å². The highest BCUT2D eigenvalue weighted by atomic mass is 127. The summed E-state index contributed by atoms with van der Waals surface area (Å²) >= 11 is 2.38. The van der Waals surface area contributed by atoms with E-state index in [4.69, 9.17) is 0 Å². The quantitative estimate of drug-likeness (QED) is 0.627. The first-order valence-electron chi connectivity index (χ1n) is 3.85. The lowest BCUT2D eigenvalue weighted by atomic mass is 10.3. The van der Waals surface area contributed by atoms with E-state index in [0.717, 1.165) is 5.65 Å². The molecule has 0 amide bonds. The molecule has 2 aromatic rings. The van der Waals surface area contributed by atoms with Gasteiger partial charge in [0.15, 0.2) is 0 Å². The summed E-state index contributed by atoms with van der Waals surface area (Å²) < 4.78 is 0.511. The van der Waals surface area contributed by atoms with E-state index >= 15 is 0 Å². The van der Waals surface area contributed by atoms with E-state index in [0.29, 0.717) is 3.92 Å². The first-order chi connectivity index (χ1) is 5.77. The third kappa shape index (κ3) is 1.33. The Labute approximate surface area is 84.5 Å². The highest BCUT2D eigenvalue weighted by Gasteiger charge is 2.04. The molecular weight excluding hydrogens is 263 g/mol. The summed E-state index contributed by atoms with van der Waals surface area (Å²) in [6, 6.07) is 6.18. The maximum absolute atomic E-state index is 4.23. The Hall–Kier alpha value is -0.580. The van der Waals surface area contributed by atoms with Gasteiger partial charge in [0.1, 0.15) is 5.65 Å². The summed E-state index contributed by atoms with van der Waals surface area (Å²) in [4.78, 5) is 7.50. The second-order valence-electron chi connectivity index (χ2n) is 2.78. The van der Waals surface area contributed by atoms with E-state index in [2.05, 4.69) is 51.6 Å². The Bertz CT molecular complexity index is 359. The van der Waals surface area contributed by atoms with Crippen LogP contribution in [0, 0.1) is 0 Å². The standard InChI is InChI=1S/C9H9IN2/c1-6(10)8-5-7-3-2-4-11-9(7)12-8/h2-6H,1H3,(H,11,12)/t6-/m0/s1. The molecular formula is C9H9IN2. The van der Waals surface area contributed by atoms with Crippen molar-refractivity contribution in [3.8, 4) is 0 Å². The molecule has 0 saturated heterocycles. The van der Waals surface area contributed by atoms with E-state index in [1.54, 1.807) is 6.20 Å². The van der Waals surface area contributed by atoms with Crippen LogP contribution in [-0.4, -0.2) is 9.97 Å². The van der Waals surface area contributed by atoms with Crippen LogP contribution in [0.3, 0.4) is 0 Å². The molecule has 12 heavy (non-hydrogen) atoms. The van der Waals surface area contributed by atoms with Crippen molar-refractivity contribution in [2.45, 2.75) is 10.8 Å². The largest absolute Gasteiger partial charge is 0.342 e. The van der Waals surface area contributed by atoms with Crippen molar-refractivity contribution in [3.05, 3.63) is 30.1 Å². The summed E-state index contributed by atoms with van der Waals surface area (Å²) in [5, 5.41) is 1.19. The molecule has 2 aromatic heterocycles. The normalized spacial score (nSPS) is 13.5. The Kier molecular flexibility index (Phi) is 2.04. The number of nitrogens with zero attached hydrogens (tertiary/aromatic N) is 1. The summed E-state index contributed by atoms with van der Waals surface area (Å²) in [6.45, 7) is 2.16. The van der Waals surface area contributed by atoms with Gasteiger partial charge in [0, 0.05) is 21.2 Å². The highest BCUT2D eigenvalue weighted by molar-refractivity contribution is 14.1. The molecule has 1 N–H and O–H groups in total. The summed E-state index contributed by atoms with van der Waals surface area (Å²) in [6.07, 6.45) is 1.81. The summed E-state index contributed by atoms with van der Waals surface area (Å²) in [5.74, 6) is 0. The van der Waals surface area contributed by atoms with Crippen molar-refractivity contribution < 1.29 is 0 Å². The molecule has 0 fully saturated rings. The van der Waals surface area contributed by atoms with Gasteiger partial charge in [0.25, 0.3) is 0 Å². The van der Waals surface area contributed by atoms with Crippen LogP contribution in [-0.2, 0) is 0 Å². The van der Waals surface area contributed by atoms with Gasteiger partial charge >= 0.3 is 0 Å². The highest BCUT2D eigenvalue weighted by Crippen LogP contribution is 2.24. The Morgan fingerprint density at radius 1 is 1.58 bits per heavy atom. The number of hydrogen-bond acceptors (Lipinski definition) is 1. The van der Waals surface area contributed by atoms with Crippen molar-refractivity contribution in [1.82, 2.24) is 9.97 Å². The second-order valence-corrected chi connectivity index (χ2v) is 4.65. The van der Waals surface area contributed by atoms with Crippen LogP contribution in [0.4, 0.5) is 0 Å². The van der Waals surface area contributed by atoms with Crippen LogP contribution in [0.5, 0.6) is 0 Å². The van der Waals surface area contributed by atoms with E-state index in [1.165, 1.54) is 11.1 Å². The monoisotopic (exact) mass is 272 g/mol. The molecule has 0 spiro atoms. The van der Waals surface area contributed by atoms with Crippen LogP contribution in [0.1, 0.15) is 16.5 Å².